The minimum Gasteiger partial charge on any atom is -0.354 e. The fraction of sp³-hybridized carbons (Fsp3) is 0.179. The smallest absolute Gasteiger partial charge is 0.269 e. The molecule has 3 aromatic heterocycles. The van der Waals surface area contributed by atoms with Gasteiger partial charge in [-0.2, -0.15) is 0 Å². The Kier molecular flexibility index (Phi) is 6.96. The lowest BCUT2D eigenvalue weighted by Crippen LogP contribution is -2.19. The summed E-state index contributed by atoms with van der Waals surface area (Å²) in [6.45, 7) is 6.11. The first-order valence-corrected chi connectivity index (χ1v) is 11.4. The van der Waals surface area contributed by atoms with Gasteiger partial charge in [0.2, 0.25) is 0 Å². The number of nitrogens with zero attached hydrogens (tertiary/aromatic N) is 3. The van der Waals surface area contributed by atoms with Crippen LogP contribution in [-0.4, -0.2) is 33.8 Å². The number of pyridine rings is 3. The molecule has 0 saturated heterocycles. The van der Waals surface area contributed by atoms with E-state index in [1.54, 1.807) is 44.0 Å². The van der Waals surface area contributed by atoms with Gasteiger partial charge in [0, 0.05) is 59.9 Å². The summed E-state index contributed by atoms with van der Waals surface area (Å²) in [5, 5.41) is 5.59. The van der Waals surface area contributed by atoms with E-state index in [4.69, 9.17) is 0 Å². The third-order valence-electron chi connectivity index (χ3n) is 5.73. The van der Waals surface area contributed by atoms with Crippen molar-refractivity contribution in [3.8, 4) is 22.3 Å². The third-order valence-corrected chi connectivity index (χ3v) is 5.73. The van der Waals surface area contributed by atoms with Crippen molar-refractivity contribution in [2.75, 3.05) is 12.4 Å². The Bertz CT molecular complexity index is 1400. The monoisotopic (exact) mass is 465 g/mol. The number of aromatic nitrogens is 3. The van der Waals surface area contributed by atoms with E-state index in [1.807, 2.05) is 57.2 Å². The number of hydrogen-bond donors (Lipinski definition) is 2. The second-order valence-corrected chi connectivity index (χ2v) is 8.58. The van der Waals surface area contributed by atoms with Crippen LogP contribution in [0.1, 0.15) is 51.9 Å². The molecule has 0 aliphatic heterocycles. The van der Waals surface area contributed by atoms with Crippen molar-refractivity contribution in [3.63, 3.8) is 0 Å². The number of carbonyl (C=O) groups is 2. The van der Waals surface area contributed by atoms with Gasteiger partial charge in [0.25, 0.3) is 11.8 Å². The maximum absolute atomic E-state index is 12.9. The van der Waals surface area contributed by atoms with E-state index in [0.29, 0.717) is 16.9 Å². The van der Waals surface area contributed by atoms with Gasteiger partial charge >= 0.3 is 0 Å². The van der Waals surface area contributed by atoms with E-state index in [9.17, 15) is 9.59 Å². The molecule has 0 unspecified atom stereocenters. The number of carbonyl (C=O) groups excluding carboxylic acids is 2. The van der Waals surface area contributed by atoms with E-state index in [0.717, 1.165) is 33.5 Å². The van der Waals surface area contributed by atoms with Gasteiger partial charge in [-0.3, -0.25) is 24.5 Å². The maximum atomic E-state index is 12.9. The van der Waals surface area contributed by atoms with Crippen LogP contribution in [0.25, 0.3) is 22.3 Å². The molecule has 0 aliphatic rings. The van der Waals surface area contributed by atoms with E-state index >= 15 is 0 Å². The highest BCUT2D eigenvalue weighted by Gasteiger charge is 2.12. The van der Waals surface area contributed by atoms with Crippen molar-refractivity contribution >= 4 is 17.5 Å². The summed E-state index contributed by atoms with van der Waals surface area (Å²) < 4.78 is 0. The highest BCUT2D eigenvalue weighted by Crippen LogP contribution is 2.30. The van der Waals surface area contributed by atoms with E-state index in [-0.39, 0.29) is 17.7 Å². The van der Waals surface area contributed by atoms with Gasteiger partial charge < -0.3 is 10.6 Å². The molecule has 35 heavy (non-hydrogen) atoms. The Morgan fingerprint density at radius 2 is 1.60 bits per heavy atom. The van der Waals surface area contributed by atoms with Crippen LogP contribution >= 0.6 is 0 Å². The first kappa shape index (κ1) is 23.8. The van der Waals surface area contributed by atoms with Crippen LogP contribution in [0, 0.1) is 6.92 Å². The Balaban J connectivity index is 1.63. The van der Waals surface area contributed by atoms with Gasteiger partial charge in [0.05, 0.1) is 0 Å². The van der Waals surface area contributed by atoms with Gasteiger partial charge in [-0.1, -0.05) is 19.9 Å². The fourth-order valence-electron chi connectivity index (χ4n) is 3.73. The van der Waals surface area contributed by atoms with Crippen molar-refractivity contribution in [1.29, 1.82) is 0 Å². The average Bonchev–Trinajstić information content (AvgIpc) is 2.89. The van der Waals surface area contributed by atoms with Crippen LogP contribution in [0.4, 0.5) is 5.69 Å². The highest BCUT2D eigenvalue weighted by molar-refractivity contribution is 6.04. The number of rotatable bonds is 6. The number of aryl methyl sites for hydroxylation is 1. The molecule has 0 radical (unpaired) electrons. The van der Waals surface area contributed by atoms with E-state index in [1.165, 1.54) is 0 Å². The zero-order chi connectivity index (χ0) is 24.9. The van der Waals surface area contributed by atoms with Crippen LogP contribution in [0.15, 0.2) is 73.3 Å². The molecule has 2 N–H and O–H groups in total. The Morgan fingerprint density at radius 3 is 2.37 bits per heavy atom. The Hall–Kier alpha value is -4.39. The van der Waals surface area contributed by atoms with Crippen molar-refractivity contribution < 1.29 is 9.59 Å². The Labute approximate surface area is 204 Å². The van der Waals surface area contributed by atoms with Crippen molar-refractivity contribution in [1.82, 2.24) is 20.3 Å². The second-order valence-electron chi connectivity index (χ2n) is 8.58. The number of amides is 2. The number of anilines is 1. The van der Waals surface area contributed by atoms with Crippen molar-refractivity contribution in [3.05, 3.63) is 95.8 Å². The number of hydrogen-bond acceptors (Lipinski definition) is 5. The molecule has 4 aromatic rings. The molecule has 4 rings (SSSR count). The zero-order valence-corrected chi connectivity index (χ0v) is 20.2. The molecular formula is C28H27N5O2. The summed E-state index contributed by atoms with van der Waals surface area (Å²) >= 11 is 0. The molecule has 0 fully saturated rings. The standard InChI is InChI=1S/C28H27N5O2/c1-17(2)25-13-20(8-10-31-25)27(34)33-23-6-5-18(3)24(14-23)22-11-21(15-30-16-22)19-7-9-32-26(12-19)28(35)29-4/h5-17H,1-4H3,(H,29,35)(H,33,34). The van der Waals surface area contributed by atoms with Crippen LogP contribution in [0.5, 0.6) is 0 Å². The molecule has 0 spiro atoms. The molecule has 7 nitrogen and oxygen atoms in total. The van der Waals surface area contributed by atoms with E-state index in [2.05, 4.69) is 25.6 Å². The molecule has 176 valence electrons. The Morgan fingerprint density at radius 1 is 0.829 bits per heavy atom. The van der Waals surface area contributed by atoms with Gasteiger partial charge in [-0.05, 0) is 72.0 Å². The molecule has 1 aromatic carbocycles. The first-order chi connectivity index (χ1) is 16.9. The molecular weight excluding hydrogens is 438 g/mol. The van der Waals surface area contributed by atoms with Crippen LogP contribution in [-0.2, 0) is 0 Å². The van der Waals surface area contributed by atoms with Crippen LogP contribution in [0.2, 0.25) is 0 Å². The van der Waals surface area contributed by atoms with Crippen molar-refractivity contribution in [2.45, 2.75) is 26.7 Å². The van der Waals surface area contributed by atoms with Crippen molar-refractivity contribution in [2.24, 2.45) is 0 Å². The predicted octanol–water partition coefficient (Wildman–Crippen LogP) is 5.25. The van der Waals surface area contributed by atoms with Gasteiger partial charge in [-0.25, -0.2) is 0 Å². The summed E-state index contributed by atoms with van der Waals surface area (Å²) in [6.07, 6.45) is 6.81. The summed E-state index contributed by atoms with van der Waals surface area (Å²) in [5.74, 6) is -0.194. The SMILES string of the molecule is CNC(=O)c1cc(-c2cncc(-c3cc(NC(=O)c4ccnc(C(C)C)c4)ccc3C)c2)ccn1. The minimum atomic E-state index is -0.245. The predicted molar refractivity (Wildman–Crippen MR) is 137 cm³/mol. The molecule has 0 aliphatic carbocycles. The van der Waals surface area contributed by atoms with Crippen LogP contribution in [0.3, 0.4) is 0 Å². The first-order valence-electron chi connectivity index (χ1n) is 11.4. The molecule has 0 bridgehead atoms. The lowest BCUT2D eigenvalue weighted by Gasteiger charge is -2.12. The highest BCUT2D eigenvalue weighted by atomic mass is 16.2. The largest absolute Gasteiger partial charge is 0.354 e. The minimum absolute atomic E-state index is 0.186. The summed E-state index contributed by atoms with van der Waals surface area (Å²) in [5.41, 5.74) is 7.09. The molecule has 7 heteroatoms. The van der Waals surface area contributed by atoms with Gasteiger partial charge in [0.15, 0.2) is 0 Å². The molecule has 0 atom stereocenters. The van der Waals surface area contributed by atoms with Gasteiger partial charge in [0.1, 0.15) is 5.69 Å². The fourth-order valence-corrected chi connectivity index (χ4v) is 3.73. The topological polar surface area (TPSA) is 96.9 Å². The average molecular weight is 466 g/mol. The zero-order valence-electron chi connectivity index (χ0n) is 20.2. The summed E-state index contributed by atoms with van der Waals surface area (Å²) in [6, 6.07) is 14.9. The van der Waals surface area contributed by atoms with Crippen LogP contribution < -0.4 is 10.6 Å². The third kappa shape index (κ3) is 5.41. The molecule has 0 saturated carbocycles. The lowest BCUT2D eigenvalue weighted by atomic mass is 9.98. The molecule has 2 amide bonds. The molecule has 3 heterocycles. The normalized spacial score (nSPS) is 10.8. The summed E-state index contributed by atoms with van der Waals surface area (Å²) in [7, 11) is 1.57. The lowest BCUT2D eigenvalue weighted by molar-refractivity contribution is 0.0957. The second kappa shape index (κ2) is 10.3. The summed E-state index contributed by atoms with van der Waals surface area (Å²) in [4.78, 5) is 37.8. The van der Waals surface area contributed by atoms with E-state index < -0.39 is 0 Å². The number of nitrogens with one attached hydrogen (secondary N) is 2. The maximum Gasteiger partial charge on any atom is 0.269 e. The quantitative estimate of drug-likeness (QED) is 0.405. The van der Waals surface area contributed by atoms with Gasteiger partial charge in [-0.15, -0.1) is 0 Å². The number of benzene rings is 1.